The SMILES string of the molecule is Cc1ccc(OCc2nc(CN3CCCC3C(C)(C)O)cs2)cc1. The Morgan fingerprint density at radius 2 is 2.08 bits per heavy atom. The summed E-state index contributed by atoms with van der Waals surface area (Å²) < 4.78 is 5.80. The van der Waals surface area contributed by atoms with Crippen LogP contribution in [0.15, 0.2) is 29.6 Å². The standard InChI is InChI=1S/C19H26N2O2S/c1-14-6-8-16(9-7-14)23-12-18-20-15(13-24-18)11-21-10-4-5-17(21)19(2,3)22/h6-9,13,17,22H,4-5,10-12H2,1-3H3. The highest BCUT2D eigenvalue weighted by molar-refractivity contribution is 7.09. The molecule has 1 aromatic heterocycles. The summed E-state index contributed by atoms with van der Waals surface area (Å²) in [7, 11) is 0. The first-order valence-corrected chi connectivity index (χ1v) is 9.39. The van der Waals surface area contributed by atoms with Crippen LogP contribution in [-0.2, 0) is 13.2 Å². The molecule has 1 saturated heterocycles. The molecule has 3 rings (SSSR count). The van der Waals surface area contributed by atoms with Crippen LogP contribution in [0.5, 0.6) is 5.75 Å². The number of aromatic nitrogens is 1. The maximum absolute atomic E-state index is 10.3. The van der Waals surface area contributed by atoms with Crippen molar-refractivity contribution in [1.29, 1.82) is 0 Å². The molecule has 1 aromatic carbocycles. The fourth-order valence-corrected chi connectivity index (χ4v) is 3.99. The predicted molar refractivity (Wildman–Crippen MR) is 97.4 cm³/mol. The molecule has 1 aliphatic rings. The second kappa shape index (κ2) is 7.21. The predicted octanol–water partition coefficient (Wildman–Crippen LogP) is 3.77. The summed E-state index contributed by atoms with van der Waals surface area (Å²) in [5, 5.41) is 13.4. The Bertz CT molecular complexity index is 661. The van der Waals surface area contributed by atoms with Gasteiger partial charge in [0.25, 0.3) is 0 Å². The van der Waals surface area contributed by atoms with Crippen molar-refractivity contribution in [2.45, 2.75) is 58.4 Å². The minimum Gasteiger partial charge on any atom is -0.486 e. The van der Waals surface area contributed by atoms with Crippen LogP contribution in [0.1, 0.15) is 43.0 Å². The van der Waals surface area contributed by atoms with E-state index in [1.54, 1.807) is 11.3 Å². The molecule has 0 radical (unpaired) electrons. The Morgan fingerprint density at radius 1 is 1.33 bits per heavy atom. The molecule has 130 valence electrons. The summed E-state index contributed by atoms with van der Waals surface area (Å²) in [4.78, 5) is 7.04. The summed E-state index contributed by atoms with van der Waals surface area (Å²) in [6, 6.07) is 8.29. The van der Waals surface area contributed by atoms with Gasteiger partial charge in [0.05, 0.1) is 11.3 Å². The number of thiazole rings is 1. The first-order chi connectivity index (χ1) is 11.4. The Kier molecular flexibility index (Phi) is 5.23. The third-order valence-corrected chi connectivity index (χ3v) is 5.40. The molecule has 0 bridgehead atoms. The van der Waals surface area contributed by atoms with Crippen molar-refractivity contribution in [3.05, 3.63) is 45.9 Å². The van der Waals surface area contributed by atoms with Crippen molar-refractivity contribution >= 4 is 11.3 Å². The van der Waals surface area contributed by atoms with Crippen molar-refractivity contribution in [1.82, 2.24) is 9.88 Å². The van der Waals surface area contributed by atoms with E-state index in [4.69, 9.17) is 9.72 Å². The Morgan fingerprint density at radius 3 is 2.79 bits per heavy atom. The molecule has 1 aliphatic heterocycles. The Labute approximate surface area is 148 Å². The summed E-state index contributed by atoms with van der Waals surface area (Å²) in [6.07, 6.45) is 2.19. The molecule has 0 aliphatic carbocycles. The van der Waals surface area contributed by atoms with Crippen LogP contribution in [0.25, 0.3) is 0 Å². The van der Waals surface area contributed by atoms with Gasteiger partial charge in [0.15, 0.2) is 0 Å². The van der Waals surface area contributed by atoms with Crippen molar-refractivity contribution in [2.24, 2.45) is 0 Å². The van der Waals surface area contributed by atoms with Gasteiger partial charge in [-0.25, -0.2) is 4.98 Å². The van der Waals surface area contributed by atoms with Gasteiger partial charge < -0.3 is 9.84 Å². The lowest BCUT2D eigenvalue weighted by molar-refractivity contribution is -0.00533. The fraction of sp³-hybridized carbons (Fsp3) is 0.526. The number of benzene rings is 1. The highest BCUT2D eigenvalue weighted by atomic mass is 32.1. The van der Waals surface area contributed by atoms with Gasteiger partial charge in [0.1, 0.15) is 17.4 Å². The van der Waals surface area contributed by atoms with E-state index >= 15 is 0 Å². The molecule has 0 saturated carbocycles. The van der Waals surface area contributed by atoms with Crippen molar-refractivity contribution in [2.75, 3.05) is 6.54 Å². The molecular formula is C19H26N2O2S. The lowest BCUT2D eigenvalue weighted by Crippen LogP contribution is -2.45. The Hall–Kier alpha value is -1.43. The van der Waals surface area contributed by atoms with Gasteiger partial charge in [-0.3, -0.25) is 4.90 Å². The van der Waals surface area contributed by atoms with E-state index in [1.165, 1.54) is 5.56 Å². The molecule has 2 heterocycles. The summed E-state index contributed by atoms with van der Waals surface area (Å²) in [6.45, 7) is 8.20. The summed E-state index contributed by atoms with van der Waals surface area (Å²) >= 11 is 1.64. The van der Waals surface area contributed by atoms with Crippen molar-refractivity contribution in [3.8, 4) is 5.75 Å². The quantitative estimate of drug-likeness (QED) is 0.865. The van der Waals surface area contributed by atoms with Crippen LogP contribution < -0.4 is 4.74 Å². The van der Waals surface area contributed by atoms with Crippen LogP contribution in [0, 0.1) is 6.92 Å². The molecule has 1 unspecified atom stereocenters. The smallest absolute Gasteiger partial charge is 0.140 e. The van der Waals surface area contributed by atoms with E-state index in [9.17, 15) is 5.11 Å². The number of aliphatic hydroxyl groups is 1. The number of aryl methyl sites for hydroxylation is 1. The zero-order valence-corrected chi connectivity index (χ0v) is 15.5. The second-order valence-electron chi connectivity index (χ2n) is 7.12. The molecule has 1 N–H and O–H groups in total. The average Bonchev–Trinajstić information content (AvgIpc) is 3.16. The van der Waals surface area contributed by atoms with E-state index in [2.05, 4.69) is 17.2 Å². The van der Waals surface area contributed by atoms with E-state index < -0.39 is 5.60 Å². The highest BCUT2D eigenvalue weighted by Gasteiger charge is 2.35. The average molecular weight is 346 g/mol. The highest BCUT2D eigenvalue weighted by Crippen LogP contribution is 2.28. The molecule has 4 nitrogen and oxygen atoms in total. The van der Waals surface area contributed by atoms with E-state index in [1.807, 2.05) is 38.1 Å². The van der Waals surface area contributed by atoms with Gasteiger partial charge in [-0.1, -0.05) is 17.7 Å². The van der Waals surface area contributed by atoms with Gasteiger partial charge in [-0.15, -0.1) is 11.3 Å². The summed E-state index contributed by atoms with van der Waals surface area (Å²) in [5.41, 5.74) is 1.63. The topological polar surface area (TPSA) is 45.6 Å². The lowest BCUT2D eigenvalue weighted by atomic mass is 9.96. The van der Waals surface area contributed by atoms with Gasteiger partial charge in [0.2, 0.25) is 0 Å². The van der Waals surface area contributed by atoms with Crippen LogP contribution in [0.2, 0.25) is 0 Å². The minimum atomic E-state index is -0.663. The number of ether oxygens (including phenoxy) is 1. The number of rotatable bonds is 6. The number of hydrogen-bond acceptors (Lipinski definition) is 5. The third-order valence-electron chi connectivity index (χ3n) is 4.53. The largest absolute Gasteiger partial charge is 0.486 e. The van der Waals surface area contributed by atoms with Crippen LogP contribution in [0.4, 0.5) is 0 Å². The van der Waals surface area contributed by atoms with Gasteiger partial charge in [0, 0.05) is 18.0 Å². The van der Waals surface area contributed by atoms with Gasteiger partial charge >= 0.3 is 0 Å². The minimum absolute atomic E-state index is 0.214. The molecule has 0 amide bonds. The molecular weight excluding hydrogens is 320 g/mol. The monoisotopic (exact) mass is 346 g/mol. The molecule has 1 fully saturated rings. The first kappa shape index (κ1) is 17.4. The maximum Gasteiger partial charge on any atom is 0.140 e. The van der Waals surface area contributed by atoms with Crippen LogP contribution >= 0.6 is 11.3 Å². The number of likely N-dealkylation sites (tertiary alicyclic amines) is 1. The fourth-order valence-electron chi connectivity index (χ4n) is 3.29. The van der Waals surface area contributed by atoms with Crippen LogP contribution in [-0.4, -0.2) is 33.2 Å². The first-order valence-electron chi connectivity index (χ1n) is 8.51. The molecule has 0 spiro atoms. The zero-order chi connectivity index (χ0) is 17.2. The van der Waals surface area contributed by atoms with Crippen molar-refractivity contribution < 1.29 is 9.84 Å². The number of hydrogen-bond donors (Lipinski definition) is 1. The Balaban J connectivity index is 1.56. The molecule has 2 aromatic rings. The normalized spacial score (nSPS) is 18.9. The molecule has 1 atom stereocenters. The summed E-state index contributed by atoms with van der Waals surface area (Å²) in [5.74, 6) is 0.874. The van der Waals surface area contributed by atoms with Gasteiger partial charge in [-0.05, 0) is 52.3 Å². The second-order valence-corrected chi connectivity index (χ2v) is 8.06. The van der Waals surface area contributed by atoms with Crippen molar-refractivity contribution in [3.63, 3.8) is 0 Å². The maximum atomic E-state index is 10.3. The van der Waals surface area contributed by atoms with Crippen LogP contribution in [0.3, 0.4) is 0 Å². The van der Waals surface area contributed by atoms with E-state index in [0.717, 1.165) is 42.4 Å². The zero-order valence-electron chi connectivity index (χ0n) is 14.7. The number of nitrogens with zero attached hydrogens (tertiary/aromatic N) is 2. The van der Waals surface area contributed by atoms with E-state index in [-0.39, 0.29) is 6.04 Å². The molecule has 5 heteroatoms. The molecule has 24 heavy (non-hydrogen) atoms. The van der Waals surface area contributed by atoms with Gasteiger partial charge in [-0.2, -0.15) is 0 Å². The third kappa shape index (κ3) is 4.35. The lowest BCUT2D eigenvalue weighted by Gasteiger charge is -2.33. The van der Waals surface area contributed by atoms with E-state index in [0.29, 0.717) is 6.61 Å².